The molecular weight excluding hydrogens is 183 g/mol. The lowest BCUT2D eigenvalue weighted by atomic mass is 10.2. The van der Waals surface area contributed by atoms with Gasteiger partial charge in [0.05, 0.1) is 0 Å². The number of halogens is 1. The summed E-state index contributed by atoms with van der Waals surface area (Å²) in [5.74, 6) is -0.391. The topological polar surface area (TPSA) is 59.1 Å². The fourth-order valence-corrected chi connectivity index (χ4v) is 1.06. The van der Waals surface area contributed by atoms with Crippen LogP contribution in [-0.2, 0) is 0 Å². The first kappa shape index (κ1) is 10.5. The lowest BCUT2D eigenvalue weighted by Gasteiger charge is -2.15. The summed E-state index contributed by atoms with van der Waals surface area (Å²) in [6.07, 6.45) is -0.00386. The summed E-state index contributed by atoms with van der Waals surface area (Å²) in [5.41, 5.74) is 5.28. The van der Waals surface area contributed by atoms with E-state index in [1.807, 2.05) is 6.92 Å². The molecule has 0 aliphatic carbocycles. The third-order valence-electron chi connectivity index (χ3n) is 1.82. The molecule has 1 unspecified atom stereocenters. The van der Waals surface area contributed by atoms with E-state index in [2.05, 4.69) is 0 Å². The third kappa shape index (κ3) is 2.45. The highest BCUT2D eigenvalue weighted by Crippen LogP contribution is 2.17. The second kappa shape index (κ2) is 4.60. The Bertz CT molecular complexity index is 328. The molecule has 0 aliphatic rings. The summed E-state index contributed by atoms with van der Waals surface area (Å²) in [5, 5.41) is 7.20. The summed E-state index contributed by atoms with van der Waals surface area (Å²) in [7, 11) is 0. The number of ether oxygens (including phenoxy) is 1. The summed E-state index contributed by atoms with van der Waals surface area (Å²) in [6, 6.07) is 6.07. The molecule has 1 atom stereocenters. The highest BCUT2D eigenvalue weighted by Gasteiger charge is 2.13. The van der Waals surface area contributed by atoms with Crippen molar-refractivity contribution in [2.45, 2.75) is 19.4 Å². The molecule has 0 saturated heterocycles. The first-order chi connectivity index (χ1) is 6.65. The third-order valence-corrected chi connectivity index (χ3v) is 1.82. The van der Waals surface area contributed by atoms with Gasteiger partial charge in [0.2, 0.25) is 0 Å². The van der Waals surface area contributed by atoms with Gasteiger partial charge in [0, 0.05) is 0 Å². The molecule has 4 heteroatoms. The number of nitrogens with one attached hydrogen (secondary N) is 1. The Morgan fingerprint density at radius 1 is 1.57 bits per heavy atom. The van der Waals surface area contributed by atoms with E-state index in [4.69, 9.17) is 15.9 Å². The van der Waals surface area contributed by atoms with Gasteiger partial charge in [-0.3, -0.25) is 5.41 Å². The molecule has 0 aromatic heterocycles. The lowest BCUT2D eigenvalue weighted by molar-refractivity contribution is 0.248. The van der Waals surface area contributed by atoms with Crippen LogP contribution in [0.1, 0.15) is 13.3 Å². The maximum absolute atomic E-state index is 13.1. The molecule has 0 radical (unpaired) electrons. The highest BCUT2D eigenvalue weighted by molar-refractivity contribution is 5.81. The van der Waals surface area contributed by atoms with Gasteiger partial charge in [-0.25, -0.2) is 4.39 Å². The first-order valence-electron chi connectivity index (χ1n) is 4.40. The van der Waals surface area contributed by atoms with Crippen LogP contribution >= 0.6 is 0 Å². The van der Waals surface area contributed by atoms with Crippen molar-refractivity contribution in [3.8, 4) is 5.75 Å². The zero-order chi connectivity index (χ0) is 10.6. The number of benzene rings is 1. The minimum atomic E-state index is -0.549. The molecular formula is C10H13FN2O. The quantitative estimate of drug-likeness (QED) is 0.571. The number of hydrogen-bond donors (Lipinski definition) is 2. The fourth-order valence-electron chi connectivity index (χ4n) is 1.06. The maximum Gasteiger partial charge on any atom is 0.165 e. The van der Waals surface area contributed by atoms with Gasteiger partial charge in [-0.15, -0.1) is 0 Å². The number of amidine groups is 1. The average Bonchev–Trinajstić information content (AvgIpc) is 2.16. The number of nitrogens with two attached hydrogens (primary N) is 1. The van der Waals surface area contributed by atoms with Gasteiger partial charge in [-0.2, -0.15) is 0 Å². The molecule has 14 heavy (non-hydrogen) atoms. The molecule has 0 saturated carbocycles. The largest absolute Gasteiger partial charge is 0.480 e. The Hall–Kier alpha value is -1.58. The van der Waals surface area contributed by atoms with E-state index in [9.17, 15) is 4.39 Å². The molecule has 0 spiro atoms. The van der Waals surface area contributed by atoms with Crippen LogP contribution in [0.5, 0.6) is 5.75 Å². The van der Waals surface area contributed by atoms with Crippen molar-refractivity contribution in [3.05, 3.63) is 30.1 Å². The summed E-state index contributed by atoms with van der Waals surface area (Å²) in [6.45, 7) is 1.83. The van der Waals surface area contributed by atoms with Crippen molar-refractivity contribution in [1.29, 1.82) is 5.41 Å². The van der Waals surface area contributed by atoms with Crippen molar-refractivity contribution in [1.82, 2.24) is 0 Å². The Balaban J connectivity index is 2.77. The smallest absolute Gasteiger partial charge is 0.165 e. The van der Waals surface area contributed by atoms with Crippen LogP contribution in [0.3, 0.4) is 0 Å². The van der Waals surface area contributed by atoms with Crippen molar-refractivity contribution >= 4 is 5.84 Å². The van der Waals surface area contributed by atoms with E-state index in [0.29, 0.717) is 6.42 Å². The zero-order valence-electron chi connectivity index (χ0n) is 7.96. The van der Waals surface area contributed by atoms with Crippen LogP contribution in [0, 0.1) is 11.2 Å². The molecule has 0 aliphatic heterocycles. The maximum atomic E-state index is 13.1. The molecule has 3 N–H and O–H groups in total. The monoisotopic (exact) mass is 196 g/mol. The molecule has 1 aromatic rings. The van der Waals surface area contributed by atoms with Gasteiger partial charge >= 0.3 is 0 Å². The SMILES string of the molecule is CCC(Oc1ccccc1F)C(=N)N. The Labute approximate surface area is 82.2 Å². The number of hydrogen-bond acceptors (Lipinski definition) is 2. The van der Waals surface area contributed by atoms with Gasteiger partial charge in [0.1, 0.15) is 5.84 Å². The van der Waals surface area contributed by atoms with Crippen LogP contribution in [0.2, 0.25) is 0 Å². The molecule has 3 nitrogen and oxygen atoms in total. The predicted molar refractivity (Wildman–Crippen MR) is 53.0 cm³/mol. The van der Waals surface area contributed by atoms with Crippen molar-refractivity contribution < 1.29 is 9.13 Å². The van der Waals surface area contributed by atoms with E-state index in [1.54, 1.807) is 12.1 Å². The van der Waals surface area contributed by atoms with Crippen LogP contribution < -0.4 is 10.5 Å². The molecule has 0 fully saturated rings. The molecule has 1 rings (SSSR count). The van der Waals surface area contributed by atoms with Gasteiger partial charge < -0.3 is 10.5 Å². The second-order valence-electron chi connectivity index (χ2n) is 2.90. The van der Waals surface area contributed by atoms with E-state index in [0.717, 1.165) is 0 Å². The number of rotatable bonds is 4. The summed E-state index contributed by atoms with van der Waals surface area (Å²) in [4.78, 5) is 0. The van der Waals surface area contributed by atoms with Crippen LogP contribution in [0.15, 0.2) is 24.3 Å². The zero-order valence-corrected chi connectivity index (χ0v) is 7.96. The molecule has 1 aromatic carbocycles. The first-order valence-corrected chi connectivity index (χ1v) is 4.40. The average molecular weight is 196 g/mol. The van der Waals surface area contributed by atoms with E-state index in [1.165, 1.54) is 12.1 Å². The van der Waals surface area contributed by atoms with Gasteiger partial charge in [0.25, 0.3) is 0 Å². The molecule has 0 bridgehead atoms. The van der Waals surface area contributed by atoms with Crippen molar-refractivity contribution in [2.24, 2.45) is 5.73 Å². The van der Waals surface area contributed by atoms with Crippen LogP contribution in [-0.4, -0.2) is 11.9 Å². The second-order valence-corrected chi connectivity index (χ2v) is 2.90. The summed E-state index contributed by atoms with van der Waals surface area (Å²) >= 11 is 0. The minimum Gasteiger partial charge on any atom is -0.480 e. The lowest BCUT2D eigenvalue weighted by Crippen LogP contribution is -2.32. The van der Waals surface area contributed by atoms with Gasteiger partial charge in [-0.05, 0) is 18.6 Å². The van der Waals surface area contributed by atoms with E-state index >= 15 is 0 Å². The molecule has 76 valence electrons. The Morgan fingerprint density at radius 3 is 2.71 bits per heavy atom. The summed E-state index contributed by atoms with van der Waals surface area (Å²) < 4.78 is 18.3. The van der Waals surface area contributed by atoms with Gasteiger partial charge in [-0.1, -0.05) is 19.1 Å². The molecule has 0 amide bonds. The minimum absolute atomic E-state index is 0.0873. The van der Waals surface area contributed by atoms with Crippen molar-refractivity contribution in [2.75, 3.05) is 0 Å². The van der Waals surface area contributed by atoms with Crippen molar-refractivity contribution in [3.63, 3.8) is 0 Å². The highest BCUT2D eigenvalue weighted by atomic mass is 19.1. The van der Waals surface area contributed by atoms with Gasteiger partial charge in [0.15, 0.2) is 17.7 Å². The fraction of sp³-hybridized carbons (Fsp3) is 0.300. The standard InChI is InChI=1S/C10H13FN2O/c1-2-8(10(12)13)14-9-6-4-3-5-7(9)11/h3-6,8H,2H2,1H3,(H3,12,13). The Morgan fingerprint density at radius 2 is 2.21 bits per heavy atom. The Kier molecular flexibility index (Phi) is 3.45. The van der Waals surface area contributed by atoms with E-state index < -0.39 is 11.9 Å². The normalized spacial score (nSPS) is 12.1. The van der Waals surface area contributed by atoms with Crippen LogP contribution in [0.4, 0.5) is 4.39 Å². The number of para-hydroxylation sites is 1. The van der Waals surface area contributed by atoms with Crippen LogP contribution in [0.25, 0.3) is 0 Å². The predicted octanol–water partition coefficient (Wildman–Crippen LogP) is 1.92. The van der Waals surface area contributed by atoms with E-state index in [-0.39, 0.29) is 11.6 Å². The molecule has 0 heterocycles.